The van der Waals surface area contributed by atoms with E-state index < -0.39 is 18.0 Å². The summed E-state index contributed by atoms with van der Waals surface area (Å²) < 4.78 is 10.3. The van der Waals surface area contributed by atoms with Crippen molar-refractivity contribution in [1.29, 1.82) is 0 Å². The molecule has 0 saturated heterocycles. The molecule has 0 bridgehead atoms. The minimum absolute atomic E-state index is 0.196. The Morgan fingerprint density at radius 1 is 1.16 bits per heavy atom. The molecule has 0 saturated carbocycles. The van der Waals surface area contributed by atoms with Crippen molar-refractivity contribution in [3.8, 4) is 5.75 Å². The lowest BCUT2D eigenvalue weighted by molar-refractivity contribution is -0.123. The third kappa shape index (κ3) is 4.78. The average Bonchev–Trinajstić information content (AvgIpc) is 2.57. The van der Waals surface area contributed by atoms with Gasteiger partial charge in [-0.25, -0.2) is 4.79 Å². The molecule has 2 aromatic rings. The molecule has 0 unspecified atom stereocenters. The number of hydrogen-bond acceptors (Lipinski definition) is 5. The first kappa shape index (κ1) is 18.9. The summed E-state index contributed by atoms with van der Waals surface area (Å²) in [6.07, 6.45) is -1.05. The van der Waals surface area contributed by atoms with Crippen LogP contribution in [0.15, 0.2) is 36.4 Å². The topological polar surface area (TPSA) is 90.6 Å². The van der Waals surface area contributed by atoms with Crippen molar-refractivity contribution < 1.29 is 19.1 Å². The lowest BCUT2D eigenvalue weighted by Gasteiger charge is -2.15. The van der Waals surface area contributed by atoms with E-state index in [4.69, 9.17) is 38.4 Å². The second-order valence-corrected chi connectivity index (χ2v) is 5.96. The molecule has 0 aliphatic heterocycles. The number of amides is 1. The number of benzene rings is 2. The number of esters is 1. The molecule has 2 rings (SSSR count). The van der Waals surface area contributed by atoms with E-state index in [-0.39, 0.29) is 11.3 Å². The second-order valence-electron chi connectivity index (χ2n) is 5.12. The minimum Gasteiger partial charge on any atom is -0.495 e. The summed E-state index contributed by atoms with van der Waals surface area (Å²) in [5.41, 5.74) is 6.47. The number of methoxy groups -OCH3 is 1. The Morgan fingerprint density at radius 3 is 2.52 bits per heavy atom. The summed E-state index contributed by atoms with van der Waals surface area (Å²) in [5.74, 6) is -0.790. The van der Waals surface area contributed by atoms with Gasteiger partial charge in [-0.3, -0.25) is 4.79 Å². The van der Waals surface area contributed by atoms with E-state index in [1.807, 2.05) is 0 Å². The predicted octanol–water partition coefficient (Wildman–Crippen LogP) is 3.77. The third-order valence-electron chi connectivity index (χ3n) is 3.30. The van der Waals surface area contributed by atoms with E-state index in [2.05, 4.69) is 5.32 Å². The minimum atomic E-state index is -1.05. The second kappa shape index (κ2) is 8.09. The molecule has 132 valence electrons. The molecule has 25 heavy (non-hydrogen) atoms. The van der Waals surface area contributed by atoms with Crippen LogP contribution in [0.2, 0.25) is 10.0 Å². The third-order valence-corrected chi connectivity index (χ3v) is 3.88. The fraction of sp³-hybridized carbons (Fsp3) is 0.176. The summed E-state index contributed by atoms with van der Waals surface area (Å²) in [4.78, 5) is 24.4. The molecule has 2 aromatic carbocycles. The van der Waals surface area contributed by atoms with Gasteiger partial charge in [0.15, 0.2) is 6.10 Å². The Balaban J connectivity index is 2.06. The highest BCUT2D eigenvalue weighted by atomic mass is 35.5. The average molecular weight is 383 g/mol. The number of nitrogens with one attached hydrogen (secondary N) is 1. The SMILES string of the molecule is COc1ccc(Cl)cc1NC(=O)[C@@H](C)OC(=O)c1ccc(Cl)c(N)c1. The van der Waals surface area contributed by atoms with Gasteiger partial charge in [-0.1, -0.05) is 23.2 Å². The number of hydrogen-bond donors (Lipinski definition) is 2. The molecule has 0 heterocycles. The fourth-order valence-corrected chi connectivity index (χ4v) is 2.25. The molecule has 0 spiro atoms. The molecule has 0 aliphatic carbocycles. The quantitative estimate of drug-likeness (QED) is 0.606. The zero-order valence-electron chi connectivity index (χ0n) is 13.5. The van der Waals surface area contributed by atoms with Crippen LogP contribution in [0.3, 0.4) is 0 Å². The Morgan fingerprint density at radius 2 is 1.88 bits per heavy atom. The molecule has 0 aromatic heterocycles. The van der Waals surface area contributed by atoms with Crippen LogP contribution in [-0.4, -0.2) is 25.1 Å². The highest BCUT2D eigenvalue weighted by Crippen LogP contribution is 2.28. The van der Waals surface area contributed by atoms with Gasteiger partial charge in [-0.2, -0.15) is 0 Å². The number of carbonyl (C=O) groups excluding carboxylic acids is 2. The van der Waals surface area contributed by atoms with Crippen molar-refractivity contribution >= 4 is 46.5 Å². The first-order valence-electron chi connectivity index (χ1n) is 7.22. The van der Waals surface area contributed by atoms with Gasteiger partial charge < -0.3 is 20.5 Å². The van der Waals surface area contributed by atoms with Gasteiger partial charge in [0.25, 0.3) is 5.91 Å². The molecular formula is C17H16Cl2N2O4. The van der Waals surface area contributed by atoms with Crippen LogP contribution in [0, 0.1) is 0 Å². The van der Waals surface area contributed by atoms with Gasteiger partial charge >= 0.3 is 5.97 Å². The number of carbonyl (C=O) groups is 2. The number of nitrogen functional groups attached to an aromatic ring is 1. The van der Waals surface area contributed by atoms with Crippen molar-refractivity contribution in [3.05, 3.63) is 52.0 Å². The first-order chi connectivity index (χ1) is 11.8. The Labute approximate surface area is 154 Å². The van der Waals surface area contributed by atoms with Crippen LogP contribution < -0.4 is 15.8 Å². The summed E-state index contributed by atoms with van der Waals surface area (Å²) in [6, 6.07) is 9.11. The molecule has 8 heteroatoms. The zero-order chi connectivity index (χ0) is 18.6. The van der Waals surface area contributed by atoms with E-state index in [0.717, 1.165) is 0 Å². The molecule has 3 N–H and O–H groups in total. The maximum Gasteiger partial charge on any atom is 0.338 e. The van der Waals surface area contributed by atoms with Gasteiger partial charge in [0.1, 0.15) is 5.75 Å². The summed E-state index contributed by atoms with van der Waals surface area (Å²) >= 11 is 11.7. The number of rotatable bonds is 5. The van der Waals surface area contributed by atoms with Crippen LogP contribution in [0.1, 0.15) is 17.3 Å². The summed E-state index contributed by atoms with van der Waals surface area (Å²) in [6.45, 7) is 1.45. The van der Waals surface area contributed by atoms with E-state index in [9.17, 15) is 9.59 Å². The van der Waals surface area contributed by atoms with Gasteiger partial charge in [-0.15, -0.1) is 0 Å². The molecule has 1 amide bonds. The molecule has 1 atom stereocenters. The molecular weight excluding hydrogens is 367 g/mol. The van der Waals surface area contributed by atoms with Crippen LogP contribution in [-0.2, 0) is 9.53 Å². The lowest BCUT2D eigenvalue weighted by atomic mass is 10.2. The van der Waals surface area contributed by atoms with Crippen molar-refractivity contribution in [2.75, 3.05) is 18.2 Å². The lowest BCUT2D eigenvalue weighted by Crippen LogP contribution is -2.30. The van der Waals surface area contributed by atoms with Gasteiger partial charge in [0, 0.05) is 5.02 Å². The van der Waals surface area contributed by atoms with Gasteiger partial charge in [0.05, 0.1) is 29.1 Å². The normalized spacial score (nSPS) is 11.5. The Hall–Kier alpha value is -2.44. The van der Waals surface area contributed by atoms with Crippen molar-refractivity contribution in [2.24, 2.45) is 0 Å². The number of anilines is 2. The number of ether oxygens (including phenoxy) is 2. The summed E-state index contributed by atoms with van der Waals surface area (Å²) in [7, 11) is 1.47. The highest BCUT2D eigenvalue weighted by molar-refractivity contribution is 6.33. The molecule has 0 aliphatic rings. The first-order valence-corrected chi connectivity index (χ1v) is 7.98. The Kier molecular flexibility index (Phi) is 6.12. The Bertz CT molecular complexity index is 811. The van der Waals surface area contributed by atoms with E-state index >= 15 is 0 Å². The molecule has 0 radical (unpaired) electrons. The maximum atomic E-state index is 12.2. The van der Waals surface area contributed by atoms with Crippen LogP contribution in [0.5, 0.6) is 5.75 Å². The van der Waals surface area contributed by atoms with Gasteiger partial charge in [0.2, 0.25) is 0 Å². The molecule has 0 fully saturated rings. The van der Waals surface area contributed by atoms with Crippen LogP contribution >= 0.6 is 23.2 Å². The van der Waals surface area contributed by atoms with Crippen LogP contribution in [0.25, 0.3) is 0 Å². The smallest absolute Gasteiger partial charge is 0.338 e. The standard InChI is InChI=1S/C17H16Cl2N2O4/c1-9(25-17(23)10-3-5-12(19)13(20)7-10)16(22)21-14-8-11(18)4-6-15(14)24-2/h3-9H,20H2,1-2H3,(H,21,22)/t9-/m1/s1. The van der Waals surface area contributed by atoms with Crippen molar-refractivity contribution in [1.82, 2.24) is 0 Å². The largest absolute Gasteiger partial charge is 0.495 e. The number of halogens is 2. The highest BCUT2D eigenvalue weighted by Gasteiger charge is 2.20. The summed E-state index contributed by atoms with van der Waals surface area (Å²) in [5, 5.41) is 3.37. The van der Waals surface area contributed by atoms with E-state index in [1.54, 1.807) is 12.1 Å². The van der Waals surface area contributed by atoms with E-state index in [0.29, 0.717) is 21.5 Å². The molecule has 6 nitrogen and oxygen atoms in total. The van der Waals surface area contributed by atoms with E-state index in [1.165, 1.54) is 38.3 Å². The van der Waals surface area contributed by atoms with Crippen molar-refractivity contribution in [3.63, 3.8) is 0 Å². The predicted molar refractivity (Wildman–Crippen MR) is 97.4 cm³/mol. The van der Waals surface area contributed by atoms with Crippen molar-refractivity contribution in [2.45, 2.75) is 13.0 Å². The van der Waals surface area contributed by atoms with Crippen LogP contribution in [0.4, 0.5) is 11.4 Å². The fourth-order valence-electron chi connectivity index (χ4n) is 1.97. The number of nitrogens with two attached hydrogens (primary N) is 1. The zero-order valence-corrected chi connectivity index (χ0v) is 15.0. The van der Waals surface area contributed by atoms with Gasteiger partial charge in [-0.05, 0) is 43.3 Å². The maximum absolute atomic E-state index is 12.2. The monoisotopic (exact) mass is 382 g/mol.